The van der Waals surface area contributed by atoms with E-state index in [1.807, 2.05) is 19.9 Å². The molecule has 2 unspecified atom stereocenters. The fourth-order valence-corrected chi connectivity index (χ4v) is 1.82. The third-order valence-electron chi connectivity index (χ3n) is 3.17. The molecule has 3 N–H and O–H groups in total. The maximum Gasteiger partial charge on any atom is 0.234 e. The summed E-state index contributed by atoms with van der Waals surface area (Å²) in [7, 11) is 0. The molecule has 1 aromatic heterocycles. The summed E-state index contributed by atoms with van der Waals surface area (Å²) in [6, 6.07) is 1.61. The van der Waals surface area contributed by atoms with Crippen molar-refractivity contribution in [3.63, 3.8) is 0 Å². The van der Waals surface area contributed by atoms with Gasteiger partial charge in [0, 0.05) is 12.2 Å². The molecule has 0 bridgehead atoms. The molecule has 0 aromatic carbocycles. The van der Waals surface area contributed by atoms with E-state index in [-0.39, 0.29) is 11.9 Å². The zero-order chi connectivity index (χ0) is 12.5. The van der Waals surface area contributed by atoms with Crippen LogP contribution in [0.5, 0.6) is 0 Å². The molecule has 2 rings (SSSR count). The number of aromatic nitrogens is 1. The van der Waals surface area contributed by atoms with Crippen LogP contribution in [0, 0.1) is 12.3 Å². The molecule has 17 heavy (non-hydrogen) atoms. The second kappa shape index (κ2) is 4.43. The molecule has 1 amide bonds. The van der Waals surface area contributed by atoms with Crippen LogP contribution < -0.4 is 11.1 Å². The van der Waals surface area contributed by atoms with E-state index < -0.39 is 5.41 Å². The third kappa shape index (κ3) is 2.30. The Hall–Kier alpha value is -1.46. The minimum atomic E-state index is -0.663. The summed E-state index contributed by atoms with van der Waals surface area (Å²) >= 11 is 0. The van der Waals surface area contributed by atoms with Crippen LogP contribution in [0.4, 0.5) is 5.69 Å². The molecule has 2 heterocycles. The summed E-state index contributed by atoms with van der Waals surface area (Å²) in [6.45, 7) is 4.53. The molecule has 1 aliphatic rings. The number of hydrogen-bond donors (Lipinski definition) is 2. The SMILES string of the molecule is Cc1cncc(NC(=O)C2(C)COCC2N)c1. The van der Waals surface area contributed by atoms with Crippen LogP contribution in [0.1, 0.15) is 12.5 Å². The monoisotopic (exact) mass is 235 g/mol. The van der Waals surface area contributed by atoms with Crippen molar-refractivity contribution in [3.05, 3.63) is 24.0 Å². The van der Waals surface area contributed by atoms with Gasteiger partial charge < -0.3 is 15.8 Å². The van der Waals surface area contributed by atoms with Gasteiger partial charge in [-0.05, 0) is 25.5 Å². The lowest BCUT2D eigenvalue weighted by Gasteiger charge is -2.25. The van der Waals surface area contributed by atoms with E-state index in [1.165, 1.54) is 0 Å². The van der Waals surface area contributed by atoms with Gasteiger partial charge in [-0.25, -0.2) is 0 Å². The van der Waals surface area contributed by atoms with Gasteiger partial charge in [-0.1, -0.05) is 0 Å². The Balaban J connectivity index is 2.12. The van der Waals surface area contributed by atoms with E-state index in [1.54, 1.807) is 12.4 Å². The number of amides is 1. The van der Waals surface area contributed by atoms with E-state index >= 15 is 0 Å². The highest BCUT2D eigenvalue weighted by molar-refractivity contribution is 5.95. The molecular weight excluding hydrogens is 218 g/mol. The number of carbonyl (C=O) groups is 1. The first-order valence-electron chi connectivity index (χ1n) is 5.59. The highest BCUT2D eigenvalue weighted by atomic mass is 16.5. The second-order valence-electron chi connectivity index (χ2n) is 4.74. The Bertz CT molecular complexity index is 436. The Morgan fingerprint density at radius 2 is 2.41 bits per heavy atom. The molecule has 1 aliphatic heterocycles. The molecule has 5 nitrogen and oxygen atoms in total. The molecular formula is C12H17N3O2. The maximum atomic E-state index is 12.2. The summed E-state index contributed by atoms with van der Waals surface area (Å²) in [6.07, 6.45) is 3.36. The number of rotatable bonds is 2. The quantitative estimate of drug-likeness (QED) is 0.790. The lowest BCUT2D eigenvalue weighted by Crippen LogP contribution is -2.47. The first kappa shape index (κ1) is 12.0. The fourth-order valence-electron chi connectivity index (χ4n) is 1.82. The molecule has 1 fully saturated rings. The predicted octanol–water partition coefficient (Wildman–Crippen LogP) is 0.692. The van der Waals surface area contributed by atoms with E-state index in [9.17, 15) is 4.79 Å². The Labute approximate surface area is 100 Å². The normalized spacial score (nSPS) is 28.1. The highest BCUT2D eigenvalue weighted by Gasteiger charge is 2.44. The van der Waals surface area contributed by atoms with Gasteiger partial charge in [0.05, 0.1) is 30.5 Å². The number of carbonyl (C=O) groups excluding carboxylic acids is 1. The van der Waals surface area contributed by atoms with Gasteiger partial charge in [0.25, 0.3) is 0 Å². The van der Waals surface area contributed by atoms with Gasteiger partial charge in [-0.2, -0.15) is 0 Å². The van der Waals surface area contributed by atoms with Crippen LogP contribution in [0.15, 0.2) is 18.5 Å². The Kier molecular flexibility index (Phi) is 3.13. The molecule has 1 saturated heterocycles. The molecule has 0 spiro atoms. The van der Waals surface area contributed by atoms with Gasteiger partial charge in [-0.15, -0.1) is 0 Å². The van der Waals surface area contributed by atoms with Crippen molar-refractivity contribution in [2.24, 2.45) is 11.1 Å². The number of ether oxygens (including phenoxy) is 1. The Morgan fingerprint density at radius 3 is 3.00 bits per heavy atom. The molecule has 92 valence electrons. The zero-order valence-electron chi connectivity index (χ0n) is 10.1. The number of nitrogens with one attached hydrogen (secondary N) is 1. The summed E-state index contributed by atoms with van der Waals surface area (Å²) in [5.74, 6) is -0.116. The summed E-state index contributed by atoms with van der Waals surface area (Å²) < 4.78 is 5.25. The number of anilines is 1. The smallest absolute Gasteiger partial charge is 0.234 e. The first-order valence-corrected chi connectivity index (χ1v) is 5.59. The summed E-state index contributed by atoms with van der Waals surface area (Å²) in [4.78, 5) is 16.2. The summed E-state index contributed by atoms with van der Waals surface area (Å²) in [5.41, 5.74) is 6.92. The van der Waals surface area contributed by atoms with Gasteiger partial charge in [0.15, 0.2) is 0 Å². The maximum absolute atomic E-state index is 12.2. The standard InChI is InChI=1S/C12H17N3O2/c1-8-3-9(5-14-4-8)15-11(16)12(2)7-17-6-10(12)13/h3-5,10H,6-7,13H2,1-2H3,(H,15,16). The number of nitrogens with zero attached hydrogens (tertiary/aromatic N) is 1. The average molecular weight is 235 g/mol. The molecule has 0 aliphatic carbocycles. The van der Waals surface area contributed by atoms with E-state index in [0.717, 1.165) is 5.56 Å². The molecule has 0 saturated carbocycles. The van der Waals surface area contributed by atoms with Crippen LogP contribution in [-0.4, -0.2) is 30.1 Å². The van der Waals surface area contributed by atoms with Gasteiger partial charge in [0.1, 0.15) is 0 Å². The molecule has 5 heteroatoms. The van der Waals surface area contributed by atoms with E-state index in [4.69, 9.17) is 10.5 Å². The van der Waals surface area contributed by atoms with Gasteiger partial charge in [-0.3, -0.25) is 9.78 Å². The Morgan fingerprint density at radius 1 is 1.65 bits per heavy atom. The predicted molar refractivity (Wildman–Crippen MR) is 64.5 cm³/mol. The highest BCUT2D eigenvalue weighted by Crippen LogP contribution is 2.28. The van der Waals surface area contributed by atoms with Crippen molar-refractivity contribution >= 4 is 11.6 Å². The number of nitrogens with two attached hydrogens (primary N) is 1. The van der Waals surface area contributed by atoms with Crippen LogP contribution in [0.3, 0.4) is 0 Å². The van der Waals surface area contributed by atoms with Gasteiger partial charge >= 0.3 is 0 Å². The molecule has 0 radical (unpaired) electrons. The van der Waals surface area contributed by atoms with Crippen molar-refractivity contribution in [2.45, 2.75) is 19.9 Å². The lowest BCUT2D eigenvalue weighted by atomic mass is 9.85. The van der Waals surface area contributed by atoms with Crippen LogP contribution >= 0.6 is 0 Å². The van der Waals surface area contributed by atoms with E-state index in [0.29, 0.717) is 18.9 Å². The van der Waals surface area contributed by atoms with Crippen LogP contribution in [-0.2, 0) is 9.53 Å². The lowest BCUT2D eigenvalue weighted by molar-refractivity contribution is -0.125. The molecule has 2 atom stereocenters. The van der Waals surface area contributed by atoms with Crippen molar-refractivity contribution in [1.82, 2.24) is 4.98 Å². The number of aryl methyl sites for hydroxylation is 1. The largest absolute Gasteiger partial charge is 0.379 e. The number of pyridine rings is 1. The average Bonchev–Trinajstić information content (AvgIpc) is 2.60. The van der Waals surface area contributed by atoms with Crippen molar-refractivity contribution < 1.29 is 9.53 Å². The minimum absolute atomic E-state index is 0.116. The zero-order valence-corrected chi connectivity index (χ0v) is 10.1. The second-order valence-corrected chi connectivity index (χ2v) is 4.74. The minimum Gasteiger partial charge on any atom is -0.379 e. The topological polar surface area (TPSA) is 77.2 Å². The van der Waals surface area contributed by atoms with Crippen LogP contribution in [0.25, 0.3) is 0 Å². The van der Waals surface area contributed by atoms with Crippen molar-refractivity contribution in [1.29, 1.82) is 0 Å². The van der Waals surface area contributed by atoms with Crippen molar-refractivity contribution in [2.75, 3.05) is 18.5 Å². The third-order valence-corrected chi connectivity index (χ3v) is 3.17. The first-order chi connectivity index (χ1) is 8.02. The molecule has 1 aromatic rings. The van der Waals surface area contributed by atoms with Gasteiger partial charge in [0.2, 0.25) is 5.91 Å². The van der Waals surface area contributed by atoms with Crippen LogP contribution in [0.2, 0.25) is 0 Å². The number of hydrogen-bond acceptors (Lipinski definition) is 4. The van der Waals surface area contributed by atoms with E-state index in [2.05, 4.69) is 10.3 Å². The van der Waals surface area contributed by atoms with Crippen molar-refractivity contribution in [3.8, 4) is 0 Å². The summed E-state index contributed by atoms with van der Waals surface area (Å²) in [5, 5.41) is 2.83. The fraction of sp³-hybridized carbons (Fsp3) is 0.500.